The van der Waals surface area contributed by atoms with Crippen molar-refractivity contribution < 1.29 is 14.3 Å². The molecular weight excluding hydrogens is 228 g/mol. The van der Waals surface area contributed by atoms with E-state index in [-0.39, 0.29) is 41.0 Å². The summed E-state index contributed by atoms with van der Waals surface area (Å²) in [4.78, 5) is 23.9. The molecule has 1 saturated heterocycles. The van der Waals surface area contributed by atoms with Crippen LogP contribution in [0, 0.1) is 29.1 Å². The van der Waals surface area contributed by atoms with Gasteiger partial charge in [0.1, 0.15) is 6.10 Å². The molecule has 98 valence electrons. The number of ketones is 1. The first-order valence-corrected chi connectivity index (χ1v) is 6.88. The van der Waals surface area contributed by atoms with Crippen molar-refractivity contribution in [2.45, 2.75) is 39.7 Å². The van der Waals surface area contributed by atoms with E-state index in [9.17, 15) is 9.59 Å². The van der Waals surface area contributed by atoms with Gasteiger partial charge < -0.3 is 4.74 Å². The molecule has 2 fully saturated rings. The summed E-state index contributed by atoms with van der Waals surface area (Å²) in [7, 11) is 0. The van der Waals surface area contributed by atoms with Crippen LogP contribution >= 0.6 is 0 Å². The third-order valence-corrected chi connectivity index (χ3v) is 5.37. The van der Waals surface area contributed by atoms with Crippen LogP contribution in [0.3, 0.4) is 0 Å². The third kappa shape index (κ3) is 1.36. The summed E-state index contributed by atoms with van der Waals surface area (Å²) < 4.78 is 5.63. The van der Waals surface area contributed by atoms with Crippen LogP contribution in [-0.4, -0.2) is 17.9 Å². The zero-order valence-corrected chi connectivity index (χ0v) is 11.2. The van der Waals surface area contributed by atoms with Crippen LogP contribution < -0.4 is 0 Å². The van der Waals surface area contributed by atoms with Crippen molar-refractivity contribution in [1.82, 2.24) is 0 Å². The number of carbonyl (C=O) groups excluding carboxylic acids is 2. The Hall–Kier alpha value is -1.12. The van der Waals surface area contributed by atoms with E-state index < -0.39 is 0 Å². The fraction of sp³-hybridized carbons (Fsp3) is 0.733. The number of esters is 1. The van der Waals surface area contributed by atoms with E-state index in [4.69, 9.17) is 4.74 Å². The number of carbonyl (C=O) groups is 2. The Balaban J connectivity index is 2.04. The van der Waals surface area contributed by atoms with Gasteiger partial charge in [-0.2, -0.15) is 0 Å². The maximum absolute atomic E-state index is 12.1. The van der Waals surface area contributed by atoms with Crippen LogP contribution in [0.25, 0.3) is 0 Å². The van der Waals surface area contributed by atoms with Crippen LogP contribution in [0.1, 0.15) is 33.6 Å². The van der Waals surface area contributed by atoms with E-state index in [0.717, 1.165) is 12.8 Å². The zero-order chi connectivity index (χ0) is 13.1. The van der Waals surface area contributed by atoms with Gasteiger partial charge in [0.15, 0.2) is 5.78 Å². The molecule has 3 aliphatic rings. The van der Waals surface area contributed by atoms with E-state index in [1.807, 2.05) is 13.0 Å². The van der Waals surface area contributed by atoms with Gasteiger partial charge in [-0.1, -0.05) is 26.8 Å². The van der Waals surface area contributed by atoms with Gasteiger partial charge in [0, 0.05) is 17.3 Å². The van der Waals surface area contributed by atoms with Crippen molar-refractivity contribution in [2.24, 2.45) is 29.1 Å². The average molecular weight is 248 g/mol. The van der Waals surface area contributed by atoms with Crippen molar-refractivity contribution in [1.29, 1.82) is 0 Å². The highest BCUT2D eigenvalue weighted by atomic mass is 16.6. The second-order valence-corrected chi connectivity index (χ2v) is 6.44. The van der Waals surface area contributed by atoms with E-state index in [1.165, 1.54) is 0 Å². The molecule has 0 bridgehead atoms. The predicted molar refractivity (Wildman–Crippen MR) is 66.7 cm³/mol. The Morgan fingerprint density at radius 2 is 2.00 bits per heavy atom. The maximum Gasteiger partial charge on any atom is 0.309 e. The molecule has 0 radical (unpaired) electrons. The summed E-state index contributed by atoms with van der Waals surface area (Å²) in [6.45, 7) is 6.20. The van der Waals surface area contributed by atoms with Crippen LogP contribution in [-0.2, 0) is 14.3 Å². The second kappa shape index (κ2) is 3.69. The molecule has 0 spiro atoms. The van der Waals surface area contributed by atoms with Gasteiger partial charge in [0.05, 0.1) is 5.92 Å². The standard InChI is InChI=1S/C15H20O3/c1-8-4-5-10-9(2)14(17)18-13(10)15(3)7-6-11(16)12(8)15/h6-10,12-13H,4-5H2,1-3H3/t8-,9+,10+,12+,13+,15-/m1/s1. The topological polar surface area (TPSA) is 43.4 Å². The zero-order valence-electron chi connectivity index (χ0n) is 11.2. The largest absolute Gasteiger partial charge is 0.461 e. The van der Waals surface area contributed by atoms with Gasteiger partial charge in [-0.3, -0.25) is 9.59 Å². The monoisotopic (exact) mass is 248 g/mol. The molecule has 1 heterocycles. The fourth-order valence-corrected chi connectivity index (χ4v) is 4.31. The summed E-state index contributed by atoms with van der Waals surface area (Å²) in [5.74, 6) is 0.723. The van der Waals surface area contributed by atoms with Crippen molar-refractivity contribution >= 4 is 11.8 Å². The molecule has 18 heavy (non-hydrogen) atoms. The molecule has 3 heteroatoms. The molecule has 0 N–H and O–H groups in total. The first-order chi connectivity index (χ1) is 8.45. The molecule has 6 atom stereocenters. The summed E-state index contributed by atoms with van der Waals surface area (Å²) in [5.41, 5.74) is -0.294. The maximum atomic E-state index is 12.1. The van der Waals surface area contributed by atoms with E-state index in [0.29, 0.717) is 5.92 Å². The molecule has 1 saturated carbocycles. The quantitative estimate of drug-likeness (QED) is 0.618. The molecule has 0 aromatic heterocycles. The minimum atomic E-state index is -0.294. The van der Waals surface area contributed by atoms with Gasteiger partial charge in [0.2, 0.25) is 0 Å². The van der Waals surface area contributed by atoms with Crippen molar-refractivity contribution in [3.05, 3.63) is 12.2 Å². The molecule has 3 rings (SSSR count). The molecule has 3 nitrogen and oxygen atoms in total. The van der Waals surface area contributed by atoms with Crippen LogP contribution in [0.15, 0.2) is 12.2 Å². The SMILES string of the molecule is C[C@@H]1CC[C@H]2[C@H](C)C(=O)O[C@@H]2[C@]2(C)C=CC(=O)[C@H]12. The fourth-order valence-electron chi connectivity index (χ4n) is 4.31. The Kier molecular flexibility index (Phi) is 2.45. The Bertz CT molecular complexity index is 439. The van der Waals surface area contributed by atoms with E-state index in [1.54, 1.807) is 6.08 Å². The first kappa shape index (κ1) is 11.9. The molecule has 0 aromatic rings. The Morgan fingerprint density at radius 3 is 2.72 bits per heavy atom. The molecule has 0 aromatic carbocycles. The van der Waals surface area contributed by atoms with Crippen LogP contribution in [0.5, 0.6) is 0 Å². The minimum Gasteiger partial charge on any atom is -0.461 e. The van der Waals surface area contributed by atoms with E-state index in [2.05, 4.69) is 13.8 Å². The van der Waals surface area contributed by atoms with Crippen molar-refractivity contribution in [3.8, 4) is 0 Å². The lowest BCUT2D eigenvalue weighted by Gasteiger charge is -2.36. The molecular formula is C15H20O3. The number of rotatable bonds is 0. The number of allylic oxidation sites excluding steroid dienone is 1. The number of hydrogen-bond acceptors (Lipinski definition) is 3. The number of fused-ring (bicyclic) bond motifs is 3. The third-order valence-electron chi connectivity index (χ3n) is 5.37. The second-order valence-electron chi connectivity index (χ2n) is 6.44. The lowest BCUT2D eigenvalue weighted by atomic mass is 9.68. The summed E-state index contributed by atoms with van der Waals surface area (Å²) in [5, 5.41) is 0. The number of ether oxygens (including phenoxy) is 1. The van der Waals surface area contributed by atoms with Gasteiger partial charge >= 0.3 is 5.97 Å². The Morgan fingerprint density at radius 1 is 1.28 bits per heavy atom. The lowest BCUT2D eigenvalue weighted by Crippen LogP contribution is -2.41. The minimum absolute atomic E-state index is 0.00870. The van der Waals surface area contributed by atoms with Crippen molar-refractivity contribution in [2.75, 3.05) is 0 Å². The average Bonchev–Trinajstić information content (AvgIpc) is 2.74. The highest BCUT2D eigenvalue weighted by Crippen LogP contribution is 2.54. The van der Waals surface area contributed by atoms with Crippen LogP contribution in [0.2, 0.25) is 0 Å². The first-order valence-electron chi connectivity index (χ1n) is 6.88. The molecule has 2 aliphatic carbocycles. The lowest BCUT2D eigenvalue weighted by molar-refractivity contribution is -0.149. The molecule has 1 aliphatic heterocycles. The van der Waals surface area contributed by atoms with Gasteiger partial charge in [-0.25, -0.2) is 0 Å². The molecule has 0 amide bonds. The summed E-state index contributed by atoms with van der Waals surface area (Å²) >= 11 is 0. The van der Waals surface area contributed by atoms with E-state index >= 15 is 0 Å². The predicted octanol–water partition coefficient (Wildman–Crippen LogP) is 2.36. The smallest absolute Gasteiger partial charge is 0.309 e. The van der Waals surface area contributed by atoms with Crippen molar-refractivity contribution in [3.63, 3.8) is 0 Å². The highest BCUT2D eigenvalue weighted by molar-refractivity contribution is 5.96. The van der Waals surface area contributed by atoms with Gasteiger partial charge in [-0.05, 0) is 24.8 Å². The summed E-state index contributed by atoms with van der Waals surface area (Å²) in [6, 6.07) is 0. The molecule has 0 unspecified atom stereocenters. The van der Waals surface area contributed by atoms with Crippen LogP contribution in [0.4, 0.5) is 0 Å². The number of hydrogen-bond donors (Lipinski definition) is 0. The Labute approximate surface area is 108 Å². The highest BCUT2D eigenvalue weighted by Gasteiger charge is 2.58. The van der Waals surface area contributed by atoms with Gasteiger partial charge in [-0.15, -0.1) is 0 Å². The summed E-state index contributed by atoms with van der Waals surface area (Å²) in [6.07, 6.45) is 5.57. The van der Waals surface area contributed by atoms with Gasteiger partial charge in [0.25, 0.3) is 0 Å². The normalized spacial score (nSPS) is 50.7.